The Kier molecular flexibility index (Phi) is 6.07. The molecular weight excluding hydrogens is 224 g/mol. The Morgan fingerprint density at radius 1 is 1.50 bits per heavy atom. The fraction of sp³-hybridized carbons (Fsp3) is 0.769. The van der Waals surface area contributed by atoms with E-state index in [-0.39, 0.29) is 12.2 Å². The van der Waals surface area contributed by atoms with E-state index in [0.29, 0.717) is 18.2 Å². The molecule has 1 rings (SSSR count). The van der Waals surface area contributed by atoms with E-state index in [1.54, 1.807) is 0 Å². The number of ether oxygens (including phenoxy) is 1. The summed E-state index contributed by atoms with van der Waals surface area (Å²) in [5.41, 5.74) is 1.28. The van der Waals surface area contributed by atoms with Gasteiger partial charge in [-0.25, -0.2) is 0 Å². The highest BCUT2D eigenvalue weighted by atomic mass is 35.5. The Morgan fingerprint density at radius 2 is 2.25 bits per heavy atom. The topological polar surface area (TPSA) is 26.3 Å². The third-order valence-electron chi connectivity index (χ3n) is 3.12. The quantitative estimate of drug-likeness (QED) is 0.407. The maximum atomic E-state index is 10.3. The zero-order valence-electron chi connectivity index (χ0n) is 10.1. The highest BCUT2D eigenvalue weighted by Gasteiger charge is 2.32. The Morgan fingerprint density at radius 3 is 2.88 bits per heavy atom. The molecule has 0 aliphatic carbocycles. The van der Waals surface area contributed by atoms with E-state index in [1.807, 2.05) is 0 Å². The van der Waals surface area contributed by atoms with Crippen LogP contribution in [0.2, 0.25) is 0 Å². The van der Waals surface area contributed by atoms with Crippen molar-refractivity contribution >= 4 is 17.9 Å². The largest absolute Gasteiger partial charge is 0.370 e. The van der Waals surface area contributed by atoms with Crippen molar-refractivity contribution in [2.24, 2.45) is 5.92 Å². The van der Waals surface area contributed by atoms with Gasteiger partial charge in [-0.05, 0) is 37.7 Å². The summed E-state index contributed by atoms with van der Waals surface area (Å²) in [5, 5.41) is 0. The zero-order chi connectivity index (χ0) is 12.0. The molecule has 0 aromatic carbocycles. The van der Waals surface area contributed by atoms with Gasteiger partial charge in [-0.3, -0.25) is 0 Å². The second-order valence-corrected chi connectivity index (χ2v) is 4.94. The molecule has 2 nitrogen and oxygen atoms in total. The lowest BCUT2D eigenvalue weighted by molar-refractivity contribution is -0.108. The number of rotatable bonds is 6. The summed E-state index contributed by atoms with van der Waals surface area (Å²) in [6.07, 6.45) is 7.03. The van der Waals surface area contributed by atoms with Crippen LogP contribution in [-0.4, -0.2) is 24.4 Å². The Balaban J connectivity index is 2.46. The van der Waals surface area contributed by atoms with Crippen LogP contribution in [0.3, 0.4) is 0 Å². The molecule has 0 radical (unpaired) electrons. The molecule has 92 valence electrons. The van der Waals surface area contributed by atoms with Crippen LogP contribution in [0.4, 0.5) is 0 Å². The van der Waals surface area contributed by atoms with Gasteiger partial charge >= 0.3 is 0 Å². The molecule has 0 aromatic rings. The van der Waals surface area contributed by atoms with Crippen molar-refractivity contribution in [1.82, 2.24) is 0 Å². The van der Waals surface area contributed by atoms with Crippen molar-refractivity contribution in [3.63, 3.8) is 0 Å². The predicted octanol–water partition coefficient (Wildman–Crippen LogP) is 3.33. The van der Waals surface area contributed by atoms with Gasteiger partial charge in [0.25, 0.3) is 0 Å². The number of alkyl halides is 1. The number of carbonyl (C=O) groups excluding carboxylic acids is 1. The van der Waals surface area contributed by atoms with E-state index in [1.165, 1.54) is 5.57 Å². The average molecular weight is 245 g/mol. The molecule has 0 spiro atoms. The number of carbonyl (C=O) groups is 1. The summed E-state index contributed by atoms with van der Waals surface area (Å²) in [6.45, 7) is 4.32. The third kappa shape index (κ3) is 3.91. The molecule has 1 heterocycles. The summed E-state index contributed by atoms with van der Waals surface area (Å²) in [6, 6.07) is 0. The third-order valence-corrected chi connectivity index (χ3v) is 3.34. The number of halogens is 1. The lowest BCUT2D eigenvalue weighted by Crippen LogP contribution is -2.16. The van der Waals surface area contributed by atoms with Crippen molar-refractivity contribution < 1.29 is 9.53 Å². The SMILES string of the molecule is C/C(=C\CCCl)[C@@H]1O[C@H](CCC=O)C[C@H]1C. The van der Waals surface area contributed by atoms with Crippen LogP contribution in [0.5, 0.6) is 0 Å². The van der Waals surface area contributed by atoms with Crippen LogP contribution in [0, 0.1) is 5.92 Å². The first-order valence-electron chi connectivity index (χ1n) is 6.00. The first-order valence-corrected chi connectivity index (χ1v) is 6.54. The number of hydrogen-bond acceptors (Lipinski definition) is 2. The van der Waals surface area contributed by atoms with Gasteiger partial charge in [0.05, 0.1) is 12.2 Å². The van der Waals surface area contributed by atoms with Gasteiger partial charge in [0.2, 0.25) is 0 Å². The highest BCUT2D eigenvalue weighted by molar-refractivity contribution is 6.17. The van der Waals surface area contributed by atoms with Crippen LogP contribution in [0.25, 0.3) is 0 Å². The minimum Gasteiger partial charge on any atom is -0.370 e. The lowest BCUT2D eigenvalue weighted by Gasteiger charge is -2.16. The molecule has 0 aromatic heterocycles. The molecule has 1 saturated heterocycles. The number of hydrogen-bond donors (Lipinski definition) is 0. The van der Waals surface area contributed by atoms with Gasteiger partial charge in [0, 0.05) is 12.3 Å². The maximum absolute atomic E-state index is 10.3. The molecule has 3 heteroatoms. The fourth-order valence-corrected chi connectivity index (χ4v) is 2.44. The minimum absolute atomic E-state index is 0.222. The van der Waals surface area contributed by atoms with Crippen molar-refractivity contribution in [2.75, 3.05) is 5.88 Å². The van der Waals surface area contributed by atoms with Gasteiger partial charge in [-0.2, -0.15) is 0 Å². The van der Waals surface area contributed by atoms with Crippen molar-refractivity contribution in [3.8, 4) is 0 Å². The Labute approximate surface area is 103 Å². The van der Waals surface area contributed by atoms with Crippen LogP contribution < -0.4 is 0 Å². The molecular formula is C13H21ClO2. The monoisotopic (exact) mass is 244 g/mol. The van der Waals surface area contributed by atoms with E-state index < -0.39 is 0 Å². The predicted molar refractivity (Wildman–Crippen MR) is 66.8 cm³/mol. The summed E-state index contributed by atoms with van der Waals surface area (Å²) < 4.78 is 5.96. The van der Waals surface area contributed by atoms with Gasteiger partial charge in [-0.15, -0.1) is 11.6 Å². The van der Waals surface area contributed by atoms with Crippen molar-refractivity contribution in [1.29, 1.82) is 0 Å². The second kappa shape index (κ2) is 7.08. The molecule has 0 N–H and O–H groups in total. The van der Waals surface area contributed by atoms with Crippen molar-refractivity contribution in [3.05, 3.63) is 11.6 Å². The highest BCUT2D eigenvalue weighted by Crippen LogP contribution is 2.32. The summed E-state index contributed by atoms with van der Waals surface area (Å²) in [7, 11) is 0. The van der Waals surface area contributed by atoms with Gasteiger partial charge in [0.1, 0.15) is 6.29 Å². The van der Waals surface area contributed by atoms with Crippen LogP contribution in [0.15, 0.2) is 11.6 Å². The fourth-order valence-electron chi connectivity index (χ4n) is 2.33. The van der Waals surface area contributed by atoms with E-state index in [9.17, 15) is 4.79 Å². The van der Waals surface area contributed by atoms with Crippen LogP contribution in [0.1, 0.15) is 39.5 Å². The average Bonchev–Trinajstić information content (AvgIpc) is 2.64. The maximum Gasteiger partial charge on any atom is 0.120 e. The lowest BCUT2D eigenvalue weighted by atomic mass is 9.95. The Hall–Kier alpha value is -0.340. The van der Waals surface area contributed by atoms with Crippen LogP contribution in [-0.2, 0) is 9.53 Å². The number of allylic oxidation sites excluding steroid dienone is 1. The summed E-state index contributed by atoms with van der Waals surface area (Å²) in [4.78, 5) is 10.3. The smallest absolute Gasteiger partial charge is 0.120 e. The van der Waals surface area contributed by atoms with Gasteiger partial charge in [0.15, 0.2) is 0 Å². The second-order valence-electron chi connectivity index (χ2n) is 4.56. The molecule has 0 saturated carbocycles. The van der Waals surface area contributed by atoms with E-state index >= 15 is 0 Å². The van der Waals surface area contributed by atoms with Crippen molar-refractivity contribution in [2.45, 2.75) is 51.7 Å². The van der Waals surface area contributed by atoms with E-state index in [2.05, 4.69) is 19.9 Å². The molecule has 1 aliphatic rings. The minimum atomic E-state index is 0.222. The molecule has 16 heavy (non-hydrogen) atoms. The summed E-state index contributed by atoms with van der Waals surface area (Å²) in [5.74, 6) is 1.20. The normalized spacial score (nSPS) is 30.7. The molecule has 1 fully saturated rings. The molecule has 1 aliphatic heterocycles. The zero-order valence-corrected chi connectivity index (χ0v) is 10.9. The Bertz CT molecular complexity index is 250. The standard InChI is InChI=1S/C13H21ClO2/c1-10(5-3-7-14)13-11(2)9-12(16-13)6-4-8-15/h5,8,11-13H,3-4,6-7,9H2,1-2H3/b10-5+/t11-,12-,13+/m1/s1. The molecule has 0 unspecified atom stereocenters. The van der Waals surface area contributed by atoms with Gasteiger partial charge < -0.3 is 9.53 Å². The summed E-state index contributed by atoms with van der Waals surface area (Å²) >= 11 is 5.66. The first kappa shape index (κ1) is 13.7. The van der Waals surface area contributed by atoms with E-state index in [0.717, 1.165) is 25.5 Å². The van der Waals surface area contributed by atoms with E-state index in [4.69, 9.17) is 16.3 Å². The number of aldehydes is 1. The van der Waals surface area contributed by atoms with Crippen LogP contribution >= 0.6 is 11.6 Å². The molecule has 3 atom stereocenters. The van der Waals surface area contributed by atoms with Gasteiger partial charge in [-0.1, -0.05) is 13.0 Å². The molecule has 0 amide bonds. The first-order chi connectivity index (χ1) is 7.69. The molecule has 0 bridgehead atoms.